The Morgan fingerprint density at radius 2 is 0.750 bits per heavy atom. The Morgan fingerprint density at radius 1 is 0.375 bits per heavy atom. The molecule has 1 unspecified atom stereocenters. The lowest BCUT2D eigenvalue weighted by Gasteiger charge is -2.18. The Bertz CT molecular complexity index is 1210. The molecule has 0 aromatic carbocycles. The molecule has 0 aromatic rings. The molecule has 0 heterocycles. The molecule has 0 saturated heterocycles. The summed E-state index contributed by atoms with van der Waals surface area (Å²) in [4.78, 5) is 37.7. The maximum atomic E-state index is 12.7. The van der Waals surface area contributed by atoms with Crippen molar-refractivity contribution in [1.82, 2.24) is 0 Å². The molecule has 56 heavy (non-hydrogen) atoms. The number of allylic oxidation sites excluding steroid dienone is 18. The van der Waals surface area contributed by atoms with Crippen LogP contribution < -0.4 is 0 Å². The van der Waals surface area contributed by atoms with Crippen LogP contribution in [-0.4, -0.2) is 37.2 Å². The summed E-state index contributed by atoms with van der Waals surface area (Å²) in [5, 5.41) is 0. The molecule has 0 bridgehead atoms. The molecule has 0 rings (SSSR count). The summed E-state index contributed by atoms with van der Waals surface area (Å²) < 4.78 is 16.6. The molecule has 0 fully saturated rings. The quantitative estimate of drug-likeness (QED) is 0.0206. The molecule has 0 radical (unpaired) electrons. The smallest absolute Gasteiger partial charge is 0.306 e. The number of hydrogen-bond donors (Lipinski definition) is 0. The highest BCUT2D eigenvalue weighted by Gasteiger charge is 2.19. The van der Waals surface area contributed by atoms with Crippen LogP contribution in [0, 0.1) is 0 Å². The van der Waals surface area contributed by atoms with E-state index in [-0.39, 0.29) is 44.0 Å². The van der Waals surface area contributed by atoms with Crippen molar-refractivity contribution in [2.24, 2.45) is 0 Å². The van der Waals surface area contributed by atoms with Gasteiger partial charge in [0.2, 0.25) is 0 Å². The van der Waals surface area contributed by atoms with E-state index in [0.717, 1.165) is 89.9 Å². The van der Waals surface area contributed by atoms with E-state index < -0.39 is 6.10 Å². The van der Waals surface area contributed by atoms with Gasteiger partial charge < -0.3 is 14.2 Å². The predicted octanol–water partition coefficient (Wildman–Crippen LogP) is 14.0. The molecule has 1 atom stereocenters. The second kappa shape index (κ2) is 43.8. The SMILES string of the molecule is CC\C=C/C=C\C=C/C=C\CCCCCC(=O)OC(COC(=O)CCC/C=C\C/C=C\C/C=C\CC)COC(=O)CCCCCCCCC/C=C\C/C=C\CC. The standard InChI is InChI=1S/C50H78O6/c1-4-7-10-13-16-19-22-24-26-28-31-34-37-40-43-49(52)55-46-47(45-54-48(51)42-39-36-33-30-27-21-18-15-12-9-6-3)56-50(53)44-41-38-35-32-29-25-23-20-17-14-11-8-5-2/h7-12,14,16-21,23,25,29-30,33,47H,4-6,13,15,22,24,26-28,31-32,34-46H2,1-3H3/b10-7-,11-8-,12-9-,17-14-,19-16-,21-18-,23-20-,29-25-,33-30-. The highest BCUT2D eigenvalue weighted by atomic mass is 16.6. The molecule has 0 amide bonds. The van der Waals surface area contributed by atoms with Gasteiger partial charge >= 0.3 is 17.9 Å². The second-order valence-electron chi connectivity index (χ2n) is 13.9. The first-order valence-electron chi connectivity index (χ1n) is 21.9. The Kier molecular flexibility index (Phi) is 40.7. The van der Waals surface area contributed by atoms with Crippen molar-refractivity contribution < 1.29 is 28.6 Å². The van der Waals surface area contributed by atoms with Crippen molar-refractivity contribution in [1.29, 1.82) is 0 Å². The number of ether oxygens (including phenoxy) is 3. The Hall–Kier alpha value is -3.93. The summed E-state index contributed by atoms with van der Waals surface area (Å²) in [6, 6.07) is 0. The van der Waals surface area contributed by atoms with Gasteiger partial charge in [0.25, 0.3) is 0 Å². The zero-order valence-electron chi connectivity index (χ0n) is 35.6. The number of carbonyl (C=O) groups excluding carboxylic acids is 3. The first kappa shape index (κ1) is 52.1. The van der Waals surface area contributed by atoms with Gasteiger partial charge in [-0.1, -0.05) is 169 Å². The van der Waals surface area contributed by atoms with Crippen LogP contribution in [0.2, 0.25) is 0 Å². The summed E-state index contributed by atoms with van der Waals surface area (Å²) in [7, 11) is 0. The van der Waals surface area contributed by atoms with E-state index in [1.165, 1.54) is 25.7 Å². The molecule has 0 saturated carbocycles. The van der Waals surface area contributed by atoms with Gasteiger partial charge in [0.05, 0.1) is 0 Å². The average Bonchev–Trinajstić information content (AvgIpc) is 3.19. The molecular weight excluding hydrogens is 697 g/mol. The van der Waals surface area contributed by atoms with E-state index in [0.29, 0.717) is 19.3 Å². The van der Waals surface area contributed by atoms with Crippen molar-refractivity contribution in [3.05, 3.63) is 109 Å². The lowest BCUT2D eigenvalue weighted by molar-refractivity contribution is -0.167. The second-order valence-corrected chi connectivity index (χ2v) is 13.9. The van der Waals surface area contributed by atoms with Crippen LogP contribution in [0.1, 0.15) is 168 Å². The third kappa shape index (κ3) is 41.2. The normalized spacial score (nSPS) is 13.1. The monoisotopic (exact) mass is 775 g/mol. The van der Waals surface area contributed by atoms with E-state index in [9.17, 15) is 14.4 Å². The van der Waals surface area contributed by atoms with Crippen molar-refractivity contribution >= 4 is 17.9 Å². The summed E-state index contributed by atoms with van der Waals surface area (Å²) in [5.41, 5.74) is 0. The van der Waals surface area contributed by atoms with Gasteiger partial charge in [-0.2, -0.15) is 0 Å². The Balaban J connectivity index is 4.54. The van der Waals surface area contributed by atoms with Crippen LogP contribution in [0.15, 0.2) is 109 Å². The minimum absolute atomic E-state index is 0.117. The zero-order valence-corrected chi connectivity index (χ0v) is 35.6. The van der Waals surface area contributed by atoms with E-state index in [2.05, 4.69) is 93.7 Å². The lowest BCUT2D eigenvalue weighted by Crippen LogP contribution is -2.30. The van der Waals surface area contributed by atoms with E-state index in [1.807, 2.05) is 36.5 Å². The fourth-order valence-electron chi connectivity index (χ4n) is 5.39. The predicted molar refractivity (Wildman–Crippen MR) is 237 cm³/mol. The Labute approximate surface area is 342 Å². The number of carbonyl (C=O) groups is 3. The van der Waals surface area contributed by atoms with Gasteiger partial charge in [0, 0.05) is 19.3 Å². The molecule has 314 valence electrons. The number of unbranched alkanes of at least 4 members (excludes halogenated alkanes) is 11. The molecule has 0 spiro atoms. The molecule has 0 aliphatic carbocycles. The molecule has 6 heteroatoms. The summed E-state index contributed by atoms with van der Waals surface area (Å²) in [5.74, 6) is -1.04. The van der Waals surface area contributed by atoms with Crippen LogP contribution in [0.5, 0.6) is 0 Å². The molecular formula is C50H78O6. The van der Waals surface area contributed by atoms with Crippen LogP contribution in [0.3, 0.4) is 0 Å². The highest BCUT2D eigenvalue weighted by molar-refractivity contribution is 5.71. The van der Waals surface area contributed by atoms with Gasteiger partial charge in [-0.25, -0.2) is 0 Å². The van der Waals surface area contributed by atoms with Crippen molar-refractivity contribution in [2.75, 3.05) is 13.2 Å². The van der Waals surface area contributed by atoms with Crippen molar-refractivity contribution in [3.63, 3.8) is 0 Å². The van der Waals surface area contributed by atoms with E-state index in [4.69, 9.17) is 14.2 Å². The molecule has 0 N–H and O–H groups in total. The van der Waals surface area contributed by atoms with Crippen LogP contribution in [0.4, 0.5) is 0 Å². The number of rotatable bonds is 37. The van der Waals surface area contributed by atoms with E-state index in [1.54, 1.807) is 0 Å². The third-order valence-electron chi connectivity index (χ3n) is 8.60. The molecule has 0 aliphatic heterocycles. The van der Waals surface area contributed by atoms with Gasteiger partial charge in [-0.15, -0.1) is 0 Å². The fourth-order valence-corrected chi connectivity index (χ4v) is 5.39. The topological polar surface area (TPSA) is 78.9 Å². The van der Waals surface area contributed by atoms with Crippen LogP contribution >= 0.6 is 0 Å². The van der Waals surface area contributed by atoms with Gasteiger partial charge in [-0.3, -0.25) is 14.4 Å². The maximum absolute atomic E-state index is 12.7. The third-order valence-corrected chi connectivity index (χ3v) is 8.60. The molecule has 0 aliphatic rings. The Morgan fingerprint density at radius 3 is 1.30 bits per heavy atom. The maximum Gasteiger partial charge on any atom is 0.306 e. The van der Waals surface area contributed by atoms with Crippen molar-refractivity contribution in [3.8, 4) is 0 Å². The van der Waals surface area contributed by atoms with Gasteiger partial charge in [0.15, 0.2) is 6.10 Å². The molecule has 6 nitrogen and oxygen atoms in total. The largest absolute Gasteiger partial charge is 0.462 e. The lowest BCUT2D eigenvalue weighted by atomic mass is 10.1. The highest BCUT2D eigenvalue weighted by Crippen LogP contribution is 2.12. The fraction of sp³-hybridized carbons (Fsp3) is 0.580. The molecule has 0 aromatic heterocycles. The zero-order chi connectivity index (χ0) is 40.8. The van der Waals surface area contributed by atoms with Crippen LogP contribution in [-0.2, 0) is 28.6 Å². The average molecular weight is 775 g/mol. The minimum atomic E-state index is -0.821. The summed E-state index contributed by atoms with van der Waals surface area (Å²) in [6.07, 6.45) is 58.0. The van der Waals surface area contributed by atoms with E-state index >= 15 is 0 Å². The number of hydrogen-bond acceptors (Lipinski definition) is 6. The van der Waals surface area contributed by atoms with Crippen molar-refractivity contribution in [2.45, 2.75) is 175 Å². The van der Waals surface area contributed by atoms with Crippen LogP contribution in [0.25, 0.3) is 0 Å². The van der Waals surface area contributed by atoms with Gasteiger partial charge in [0.1, 0.15) is 13.2 Å². The first-order valence-corrected chi connectivity index (χ1v) is 21.9. The minimum Gasteiger partial charge on any atom is -0.462 e. The number of esters is 3. The summed E-state index contributed by atoms with van der Waals surface area (Å²) in [6.45, 7) is 6.14. The van der Waals surface area contributed by atoms with Gasteiger partial charge in [-0.05, 0) is 89.9 Å². The summed E-state index contributed by atoms with van der Waals surface area (Å²) >= 11 is 0. The first-order chi connectivity index (χ1) is 27.5.